The van der Waals surface area contributed by atoms with Gasteiger partial charge >= 0.3 is 5.97 Å². The molecule has 0 spiro atoms. The minimum absolute atomic E-state index is 0.0644. The summed E-state index contributed by atoms with van der Waals surface area (Å²) in [6.07, 6.45) is 1.82. The van der Waals surface area contributed by atoms with Crippen LogP contribution in [-0.4, -0.2) is 37.1 Å². The van der Waals surface area contributed by atoms with Gasteiger partial charge in [-0.05, 0) is 31.7 Å². The Morgan fingerprint density at radius 1 is 1.53 bits per heavy atom. The van der Waals surface area contributed by atoms with Crippen molar-refractivity contribution in [3.05, 3.63) is 0 Å². The van der Waals surface area contributed by atoms with E-state index in [4.69, 9.17) is 4.74 Å². The molecule has 0 aromatic carbocycles. The summed E-state index contributed by atoms with van der Waals surface area (Å²) in [5.41, 5.74) is 0. The smallest absolute Gasteiger partial charge is 0.307 e. The number of hydrogen-bond donors (Lipinski definition) is 0. The maximum absolute atomic E-state index is 11.2. The molecule has 0 amide bonds. The van der Waals surface area contributed by atoms with Crippen molar-refractivity contribution in [3.8, 4) is 0 Å². The van der Waals surface area contributed by atoms with E-state index in [0.29, 0.717) is 13.0 Å². The third-order valence-corrected chi connectivity index (χ3v) is 3.19. The van der Waals surface area contributed by atoms with E-state index < -0.39 is 0 Å². The van der Waals surface area contributed by atoms with Gasteiger partial charge in [-0.15, -0.1) is 0 Å². The Labute approximate surface area is 92.8 Å². The number of nitrogens with zero attached hydrogens (tertiary/aromatic N) is 1. The first-order valence-corrected chi connectivity index (χ1v) is 6.01. The monoisotopic (exact) mass is 213 g/mol. The zero-order chi connectivity index (χ0) is 11.3. The van der Waals surface area contributed by atoms with Crippen LogP contribution >= 0.6 is 0 Å². The van der Waals surface area contributed by atoms with Crippen molar-refractivity contribution >= 4 is 5.97 Å². The van der Waals surface area contributed by atoms with E-state index in [1.807, 2.05) is 6.92 Å². The van der Waals surface area contributed by atoms with Crippen LogP contribution in [0.3, 0.4) is 0 Å². The Morgan fingerprint density at radius 3 is 2.80 bits per heavy atom. The number of carbonyl (C=O) groups excluding carboxylic acids is 1. The highest BCUT2D eigenvalue weighted by molar-refractivity contribution is 5.69. The molecule has 1 atom stereocenters. The highest BCUT2D eigenvalue weighted by Crippen LogP contribution is 2.23. The summed E-state index contributed by atoms with van der Waals surface area (Å²) >= 11 is 0. The Kier molecular flexibility index (Phi) is 5.09. The third kappa shape index (κ3) is 4.20. The summed E-state index contributed by atoms with van der Waals surface area (Å²) in [5.74, 6) is 1.51. The summed E-state index contributed by atoms with van der Waals surface area (Å²) in [6, 6.07) is 0. The van der Waals surface area contributed by atoms with Crippen LogP contribution < -0.4 is 0 Å². The number of likely N-dealkylation sites (tertiary alicyclic amines) is 1. The SMILES string of the molecule is CCOC(=O)CCN1CCC(C(C)C)C1. The van der Waals surface area contributed by atoms with Gasteiger partial charge in [0, 0.05) is 13.1 Å². The van der Waals surface area contributed by atoms with E-state index in [2.05, 4.69) is 18.7 Å². The molecule has 1 aliphatic heterocycles. The molecule has 0 N–H and O–H groups in total. The molecular formula is C12H23NO2. The predicted octanol–water partition coefficient (Wildman–Crippen LogP) is 1.92. The Balaban J connectivity index is 2.16. The molecule has 1 aliphatic rings. The fourth-order valence-electron chi connectivity index (χ4n) is 2.09. The molecule has 0 aromatic heterocycles. The fraction of sp³-hybridized carbons (Fsp3) is 0.917. The van der Waals surface area contributed by atoms with Crippen LogP contribution in [0.2, 0.25) is 0 Å². The highest BCUT2D eigenvalue weighted by atomic mass is 16.5. The Hall–Kier alpha value is -0.570. The van der Waals surface area contributed by atoms with Crippen molar-refractivity contribution in [3.63, 3.8) is 0 Å². The molecule has 1 rings (SSSR count). The van der Waals surface area contributed by atoms with Crippen molar-refractivity contribution in [1.82, 2.24) is 4.90 Å². The average molecular weight is 213 g/mol. The molecule has 88 valence electrons. The quantitative estimate of drug-likeness (QED) is 0.653. The van der Waals surface area contributed by atoms with Crippen molar-refractivity contribution in [2.75, 3.05) is 26.2 Å². The fourth-order valence-corrected chi connectivity index (χ4v) is 2.09. The van der Waals surface area contributed by atoms with Gasteiger partial charge in [-0.1, -0.05) is 13.8 Å². The molecule has 1 heterocycles. The van der Waals surface area contributed by atoms with Gasteiger partial charge in [-0.25, -0.2) is 0 Å². The van der Waals surface area contributed by atoms with E-state index in [1.54, 1.807) is 0 Å². The average Bonchev–Trinajstić information content (AvgIpc) is 2.63. The minimum atomic E-state index is -0.0644. The summed E-state index contributed by atoms with van der Waals surface area (Å²) < 4.78 is 4.91. The molecule has 3 heteroatoms. The maximum atomic E-state index is 11.2. The van der Waals surface area contributed by atoms with Gasteiger partial charge in [0.05, 0.1) is 13.0 Å². The topological polar surface area (TPSA) is 29.5 Å². The van der Waals surface area contributed by atoms with E-state index in [0.717, 1.165) is 31.5 Å². The maximum Gasteiger partial charge on any atom is 0.307 e. The first-order chi connectivity index (χ1) is 7.13. The van der Waals surface area contributed by atoms with Gasteiger partial charge in [0.2, 0.25) is 0 Å². The number of esters is 1. The van der Waals surface area contributed by atoms with E-state index in [-0.39, 0.29) is 5.97 Å². The highest BCUT2D eigenvalue weighted by Gasteiger charge is 2.24. The van der Waals surface area contributed by atoms with Crippen molar-refractivity contribution in [2.45, 2.75) is 33.6 Å². The largest absolute Gasteiger partial charge is 0.466 e. The van der Waals surface area contributed by atoms with Gasteiger partial charge in [0.15, 0.2) is 0 Å². The normalized spacial score (nSPS) is 22.3. The van der Waals surface area contributed by atoms with Gasteiger partial charge < -0.3 is 9.64 Å². The standard InChI is InChI=1S/C12H23NO2/c1-4-15-12(14)6-8-13-7-5-11(9-13)10(2)3/h10-11H,4-9H2,1-3H3. The molecule has 0 saturated carbocycles. The number of hydrogen-bond acceptors (Lipinski definition) is 3. The lowest BCUT2D eigenvalue weighted by molar-refractivity contribution is -0.143. The van der Waals surface area contributed by atoms with Crippen molar-refractivity contribution in [1.29, 1.82) is 0 Å². The molecular weight excluding hydrogens is 190 g/mol. The van der Waals surface area contributed by atoms with Crippen LogP contribution in [-0.2, 0) is 9.53 Å². The Bertz CT molecular complexity index is 204. The Morgan fingerprint density at radius 2 is 2.27 bits per heavy atom. The van der Waals surface area contributed by atoms with Crippen LogP contribution in [0.4, 0.5) is 0 Å². The first kappa shape index (κ1) is 12.5. The summed E-state index contributed by atoms with van der Waals surface area (Å²) in [6.45, 7) is 10.1. The van der Waals surface area contributed by atoms with Crippen LogP contribution in [0.1, 0.15) is 33.6 Å². The van der Waals surface area contributed by atoms with Crippen molar-refractivity contribution in [2.24, 2.45) is 11.8 Å². The van der Waals surface area contributed by atoms with Gasteiger partial charge in [-0.2, -0.15) is 0 Å². The second-order valence-electron chi connectivity index (χ2n) is 4.65. The lowest BCUT2D eigenvalue weighted by Gasteiger charge is -2.17. The van der Waals surface area contributed by atoms with Crippen LogP contribution in [0.15, 0.2) is 0 Å². The van der Waals surface area contributed by atoms with E-state index in [1.165, 1.54) is 6.42 Å². The van der Waals surface area contributed by atoms with E-state index in [9.17, 15) is 4.79 Å². The predicted molar refractivity (Wildman–Crippen MR) is 60.6 cm³/mol. The third-order valence-electron chi connectivity index (χ3n) is 3.19. The lowest BCUT2D eigenvalue weighted by atomic mass is 9.95. The molecule has 0 radical (unpaired) electrons. The lowest BCUT2D eigenvalue weighted by Crippen LogP contribution is -2.25. The van der Waals surface area contributed by atoms with Gasteiger partial charge in [0.1, 0.15) is 0 Å². The van der Waals surface area contributed by atoms with Crippen LogP contribution in [0.25, 0.3) is 0 Å². The van der Waals surface area contributed by atoms with Gasteiger partial charge in [0.25, 0.3) is 0 Å². The zero-order valence-electron chi connectivity index (χ0n) is 10.2. The molecule has 0 bridgehead atoms. The van der Waals surface area contributed by atoms with Crippen LogP contribution in [0.5, 0.6) is 0 Å². The molecule has 15 heavy (non-hydrogen) atoms. The van der Waals surface area contributed by atoms with Crippen molar-refractivity contribution < 1.29 is 9.53 Å². The number of carbonyl (C=O) groups is 1. The summed E-state index contributed by atoms with van der Waals surface area (Å²) in [7, 11) is 0. The molecule has 1 saturated heterocycles. The van der Waals surface area contributed by atoms with Gasteiger partial charge in [-0.3, -0.25) is 4.79 Å². The first-order valence-electron chi connectivity index (χ1n) is 6.01. The number of ether oxygens (including phenoxy) is 1. The molecule has 0 aliphatic carbocycles. The summed E-state index contributed by atoms with van der Waals surface area (Å²) in [4.78, 5) is 13.5. The number of rotatable bonds is 5. The van der Waals surface area contributed by atoms with Crippen LogP contribution in [0, 0.1) is 11.8 Å². The molecule has 3 nitrogen and oxygen atoms in total. The van der Waals surface area contributed by atoms with E-state index >= 15 is 0 Å². The minimum Gasteiger partial charge on any atom is -0.466 e. The molecule has 0 aromatic rings. The summed E-state index contributed by atoms with van der Waals surface area (Å²) in [5, 5.41) is 0. The second-order valence-corrected chi connectivity index (χ2v) is 4.65. The second kappa shape index (κ2) is 6.11. The molecule has 1 fully saturated rings. The molecule has 1 unspecified atom stereocenters. The zero-order valence-corrected chi connectivity index (χ0v) is 10.2.